The van der Waals surface area contributed by atoms with E-state index in [0.717, 1.165) is 28.1 Å². The van der Waals surface area contributed by atoms with Crippen molar-refractivity contribution in [2.75, 3.05) is 0 Å². The summed E-state index contributed by atoms with van der Waals surface area (Å²) in [5.74, 6) is -1.43. The Morgan fingerprint density at radius 1 is 1.08 bits per heavy atom. The van der Waals surface area contributed by atoms with E-state index in [4.69, 9.17) is 10.5 Å². The molecule has 2 amide bonds. The average molecular weight is 517 g/mol. The van der Waals surface area contributed by atoms with Gasteiger partial charge in [0, 0.05) is 42.3 Å². The molecular formula is C29H32N4O5. The highest BCUT2D eigenvalue weighted by atomic mass is 16.6. The van der Waals surface area contributed by atoms with Crippen molar-refractivity contribution in [3.05, 3.63) is 65.5 Å². The first kappa shape index (κ1) is 26.8. The fourth-order valence-electron chi connectivity index (χ4n) is 4.69. The van der Waals surface area contributed by atoms with Crippen molar-refractivity contribution in [3.8, 4) is 22.5 Å². The normalized spacial score (nSPS) is 13.8. The summed E-state index contributed by atoms with van der Waals surface area (Å²) >= 11 is 0. The van der Waals surface area contributed by atoms with Crippen molar-refractivity contribution in [3.63, 3.8) is 0 Å². The number of primary amides is 1. The molecule has 4 rings (SSSR count). The lowest BCUT2D eigenvalue weighted by molar-refractivity contribution is -0.155. The predicted molar refractivity (Wildman–Crippen MR) is 142 cm³/mol. The maximum absolute atomic E-state index is 13.2. The Balaban J connectivity index is 1.59. The SMILES string of the molecule is CC(=O)c1ccc(-c2c(-c3ccc4c(c3)CN(C(CCC(=O)OC(C)(C)C)C(N)=O)C4=O)ncn2C)cc1. The number of nitrogens with two attached hydrogens (primary N) is 1. The largest absolute Gasteiger partial charge is 0.460 e. The van der Waals surface area contributed by atoms with E-state index in [0.29, 0.717) is 11.1 Å². The molecule has 0 saturated heterocycles. The minimum absolute atomic E-state index is 0.00465. The molecule has 198 valence electrons. The Hall–Kier alpha value is -4.27. The Morgan fingerprint density at radius 3 is 2.34 bits per heavy atom. The zero-order valence-electron chi connectivity index (χ0n) is 22.3. The van der Waals surface area contributed by atoms with Gasteiger partial charge < -0.3 is 19.9 Å². The number of ether oxygens (including phenoxy) is 1. The fourth-order valence-corrected chi connectivity index (χ4v) is 4.69. The van der Waals surface area contributed by atoms with Crippen LogP contribution in [0.4, 0.5) is 0 Å². The molecule has 0 saturated carbocycles. The maximum atomic E-state index is 13.2. The average Bonchev–Trinajstić information content (AvgIpc) is 3.37. The number of imidazole rings is 1. The molecule has 1 unspecified atom stereocenters. The van der Waals surface area contributed by atoms with E-state index in [1.54, 1.807) is 45.3 Å². The van der Waals surface area contributed by atoms with Crippen LogP contribution in [0.3, 0.4) is 0 Å². The number of carbonyl (C=O) groups is 4. The number of carbonyl (C=O) groups excluding carboxylic acids is 4. The van der Waals surface area contributed by atoms with Crippen molar-refractivity contribution < 1.29 is 23.9 Å². The molecule has 0 bridgehead atoms. The molecule has 0 fully saturated rings. The first-order valence-corrected chi connectivity index (χ1v) is 12.4. The van der Waals surface area contributed by atoms with Crippen LogP contribution in [0.5, 0.6) is 0 Å². The lowest BCUT2D eigenvalue weighted by Crippen LogP contribution is -2.45. The number of Topliss-reactive ketones (excluding diaryl/α,β-unsaturated/α-hetero) is 1. The Bertz CT molecular complexity index is 1420. The molecule has 0 radical (unpaired) electrons. The highest BCUT2D eigenvalue weighted by Crippen LogP contribution is 2.35. The molecule has 38 heavy (non-hydrogen) atoms. The highest BCUT2D eigenvalue weighted by molar-refractivity contribution is 6.01. The molecule has 2 heterocycles. The second-order valence-corrected chi connectivity index (χ2v) is 10.5. The van der Waals surface area contributed by atoms with Gasteiger partial charge in [0.05, 0.1) is 17.7 Å². The van der Waals surface area contributed by atoms with Gasteiger partial charge in [-0.05, 0) is 51.8 Å². The zero-order valence-corrected chi connectivity index (χ0v) is 22.3. The third kappa shape index (κ3) is 5.51. The van der Waals surface area contributed by atoms with Crippen LogP contribution < -0.4 is 5.73 Å². The van der Waals surface area contributed by atoms with Gasteiger partial charge in [-0.1, -0.05) is 30.3 Å². The molecule has 0 aliphatic carbocycles. The Morgan fingerprint density at radius 2 is 1.74 bits per heavy atom. The molecule has 2 N–H and O–H groups in total. The number of benzene rings is 2. The van der Waals surface area contributed by atoms with Gasteiger partial charge in [-0.3, -0.25) is 19.2 Å². The summed E-state index contributed by atoms with van der Waals surface area (Å²) in [6.07, 6.45) is 1.77. The summed E-state index contributed by atoms with van der Waals surface area (Å²) in [5, 5.41) is 0. The minimum Gasteiger partial charge on any atom is -0.460 e. The molecule has 3 aromatic rings. The van der Waals surface area contributed by atoms with Gasteiger partial charge in [0.25, 0.3) is 5.91 Å². The van der Waals surface area contributed by atoms with Gasteiger partial charge in [-0.15, -0.1) is 0 Å². The van der Waals surface area contributed by atoms with Crippen LogP contribution >= 0.6 is 0 Å². The Labute approximate surface area is 221 Å². The van der Waals surface area contributed by atoms with Crippen molar-refractivity contribution in [2.45, 2.75) is 58.7 Å². The van der Waals surface area contributed by atoms with Gasteiger partial charge >= 0.3 is 5.97 Å². The number of hydrogen-bond acceptors (Lipinski definition) is 6. The summed E-state index contributed by atoms with van der Waals surface area (Å²) < 4.78 is 7.24. The number of aromatic nitrogens is 2. The van der Waals surface area contributed by atoms with Crippen LogP contribution in [0.15, 0.2) is 48.8 Å². The van der Waals surface area contributed by atoms with Crippen molar-refractivity contribution >= 4 is 23.6 Å². The first-order chi connectivity index (χ1) is 17.9. The first-order valence-electron chi connectivity index (χ1n) is 12.4. The van der Waals surface area contributed by atoms with E-state index in [2.05, 4.69) is 4.98 Å². The second-order valence-electron chi connectivity index (χ2n) is 10.5. The van der Waals surface area contributed by atoms with Gasteiger partial charge in [-0.2, -0.15) is 0 Å². The van der Waals surface area contributed by atoms with Crippen LogP contribution in [-0.4, -0.2) is 49.7 Å². The number of aryl methyl sites for hydroxylation is 1. The number of amides is 2. The zero-order chi connectivity index (χ0) is 27.8. The lowest BCUT2D eigenvalue weighted by Gasteiger charge is -2.25. The highest BCUT2D eigenvalue weighted by Gasteiger charge is 2.36. The molecule has 2 aromatic carbocycles. The lowest BCUT2D eigenvalue weighted by atomic mass is 9.99. The van der Waals surface area contributed by atoms with Crippen molar-refractivity contribution in [1.82, 2.24) is 14.5 Å². The molecule has 9 heteroatoms. The number of nitrogens with zero attached hydrogens (tertiary/aromatic N) is 3. The number of esters is 1. The van der Waals surface area contributed by atoms with E-state index in [1.807, 2.05) is 35.9 Å². The molecule has 1 atom stereocenters. The predicted octanol–water partition coefficient (Wildman–Crippen LogP) is 3.89. The summed E-state index contributed by atoms with van der Waals surface area (Å²) in [4.78, 5) is 55.4. The summed E-state index contributed by atoms with van der Waals surface area (Å²) in [5.41, 5.74) is 10.2. The minimum atomic E-state index is -0.934. The number of rotatable bonds is 8. The molecule has 1 aromatic heterocycles. The van der Waals surface area contributed by atoms with E-state index in [1.165, 1.54) is 11.8 Å². The van der Waals surface area contributed by atoms with Crippen molar-refractivity contribution in [2.24, 2.45) is 12.8 Å². The molecular weight excluding hydrogens is 484 g/mol. The molecule has 9 nitrogen and oxygen atoms in total. The quantitative estimate of drug-likeness (QED) is 0.358. The van der Waals surface area contributed by atoms with E-state index in [-0.39, 0.29) is 31.1 Å². The second kappa shape index (κ2) is 10.2. The van der Waals surface area contributed by atoms with E-state index in [9.17, 15) is 19.2 Å². The van der Waals surface area contributed by atoms with Crippen LogP contribution in [0.1, 0.15) is 66.8 Å². The van der Waals surface area contributed by atoms with Crippen LogP contribution in [0, 0.1) is 0 Å². The summed E-state index contributed by atoms with van der Waals surface area (Å²) in [6, 6.07) is 11.9. The fraction of sp³-hybridized carbons (Fsp3) is 0.345. The topological polar surface area (TPSA) is 125 Å². The molecule has 1 aliphatic heterocycles. The monoisotopic (exact) mass is 516 g/mol. The number of ketones is 1. The van der Waals surface area contributed by atoms with Crippen LogP contribution in [0.2, 0.25) is 0 Å². The van der Waals surface area contributed by atoms with Gasteiger partial charge in [-0.25, -0.2) is 4.98 Å². The van der Waals surface area contributed by atoms with Gasteiger partial charge in [0.15, 0.2) is 5.78 Å². The third-order valence-corrected chi connectivity index (χ3v) is 6.46. The third-order valence-electron chi connectivity index (χ3n) is 6.46. The van der Waals surface area contributed by atoms with Gasteiger partial charge in [0.1, 0.15) is 11.6 Å². The van der Waals surface area contributed by atoms with Crippen LogP contribution in [-0.2, 0) is 27.9 Å². The summed E-state index contributed by atoms with van der Waals surface area (Å²) in [7, 11) is 1.89. The molecule has 1 aliphatic rings. The maximum Gasteiger partial charge on any atom is 0.306 e. The van der Waals surface area contributed by atoms with Crippen molar-refractivity contribution in [1.29, 1.82) is 0 Å². The van der Waals surface area contributed by atoms with E-state index < -0.39 is 23.5 Å². The van der Waals surface area contributed by atoms with E-state index >= 15 is 0 Å². The Kier molecular flexibility index (Phi) is 7.22. The number of fused-ring (bicyclic) bond motifs is 1. The standard InChI is InChI=1S/C29H32N4O5/c1-17(34)18-6-8-19(9-7-18)26-25(31-16-32(26)5)20-10-11-22-21(14-20)15-33(28(22)37)23(27(30)36)12-13-24(35)38-29(2,3)4/h6-11,14,16,23H,12-13,15H2,1-5H3,(H2,30,36). The number of hydrogen-bond donors (Lipinski definition) is 1. The van der Waals surface area contributed by atoms with Gasteiger partial charge in [0.2, 0.25) is 5.91 Å². The summed E-state index contributed by atoms with van der Waals surface area (Å²) in [6.45, 7) is 7.02. The van der Waals surface area contributed by atoms with Crippen LogP contribution in [0.25, 0.3) is 22.5 Å². The smallest absolute Gasteiger partial charge is 0.306 e. The molecule has 0 spiro atoms.